The summed E-state index contributed by atoms with van der Waals surface area (Å²) in [6.07, 6.45) is 0.871. The van der Waals surface area contributed by atoms with Crippen molar-refractivity contribution in [1.82, 2.24) is 0 Å². The van der Waals surface area contributed by atoms with Gasteiger partial charge in [0.15, 0.2) is 0 Å². The highest BCUT2D eigenvalue weighted by atomic mass is 79.9. The van der Waals surface area contributed by atoms with Crippen molar-refractivity contribution < 1.29 is 0 Å². The van der Waals surface area contributed by atoms with Gasteiger partial charge in [-0.2, -0.15) is 0 Å². The molecule has 0 saturated carbocycles. The molecule has 0 heterocycles. The second-order valence-electron chi connectivity index (χ2n) is 5.66. The minimum Gasteiger partial charge on any atom is -0.324 e. The molecular weight excluding hydrogens is 310 g/mol. The summed E-state index contributed by atoms with van der Waals surface area (Å²) in [5.41, 5.74) is 11.5. The van der Waals surface area contributed by atoms with Gasteiger partial charge in [0.25, 0.3) is 0 Å². The van der Waals surface area contributed by atoms with Crippen LogP contribution in [0.15, 0.2) is 46.9 Å². The molecule has 1 nitrogen and oxygen atoms in total. The van der Waals surface area contributed by atoms with E-state index in [2.05, 4.69) is 73.1 Å². The van der Waals surface area contributed by atoms with Crippen molar-refractivity contribution in [1.29, 1.82) is 0 Å². The summed E-state index contributed by atoms with van der Waals surface area (Å²) in [7, 11) is 0. The smallest absolute Gasteiger partial charge is 0.0338 e. The zero-order chi connectivity index (χ0) is 14.7. The molecule has 0 saturated heterocycles. The van der Waals surface area contributed by atoms with Crippen LogP contribution in [0.2, 0.25) is 0 Å². The summed E-state index contributed by atoms with van der Waals surface area (Å²) >= 11 is 3.57. The zero-order valence-electron chi connectivity index (χ0n) is 12.4. The van der Waals surface area contributed by atoms with E-state index in [-0.39, 0.29) is 6.04 Å². The normalized spacial score (nSPS) is 12.7. The van der Waals surface area contributed by atoms with Gasteiger partial charge in [-0.15, -0.1) is 0 Å². The fourth-order valence-electron chi connectivity index (χ4n) is 2.43. The first kappa shape index (κ1) is 15.3. The molecule has 0 bridgehead atoms. The molecule has 20 heavy (non-hydrogen) atoms. The molecule has 0 aliphatic carbocycles. The molecular formula is C18H22BrN. The Kier molecular flexibility index (Phi) is 5.00. The van der Waals surface area contributed by atoms with Gasteiger partial charge in [0.05, 0.1) is 0 Å². The Balaban J connectivity index is 2.15. The molecule has 0 amide bonds. The first-order valence-electron chi connectivity index (χ1n) is 7.08. The lowest BCUT2D eigenvalue weighted by molar-refractivity contribution is 0.715. The number of nitrogens with two attached hydrogens (primary N) is 1. The quantitative estimate of drug-likeness (QED) is 0.826. The summed E-state index contributed by atoms with van der Waals surface area (Å²) in [6, 6.07) is 15.1. The lowest BCUT2D eigenvalue weighted by atomic mass is 9.94. The van der Waals surface area contributed by atoms with E-state index >= 15 is 0 Å². The molecule has 0 spiro atoms. The number of hydrogen-bond acceptors (Lipinski definition) is 1. The van der Waals surface area contributed by atoms with Gasteiger partial charge in [-0.25, -0.2) is 0 Å². The van der Waals surface area contributed by atoms with Crippen molar-refractivity contribution in [3.63, 3.8) is 0 Å². The van der Waals surface area contributed by atoms with Gasteiger partial charge in [-0.3, -0.25) is 0 Å². The Morgan fingerprint density at radius 2 is 1.70 bits per heavy atom. The molecule has 0 aliphatic rings. The van der Waals surface area contributed by atoms with Crippen molar-refractivity contribution in [2.45, 2.75) is 39.2 Å². The number of hydrogen-bond donors (Lipinski definition) is 1. The molecule has 0 fully saturated rings. The van der Waals surface area contributed by atoms with Gasteiger partial charge in [-0.1, -0.05) is 66.2 Å². The van der Waals surface area contributed by atoms with E-state index < -0.39 is 0 Å². The van der Waals surface area contributed by atoms with Crippen molar-refractivity contribution >= 4 is 15.9 Å². The molecule has 0 radical (unpaired) electrons. The van der Waals surface area contributed by atoms with Crippen LogP contribution in [0.3, 0.4) is 0 Å². The third-order valence-corrected chi connectivity index (χ3v) is 4.67. The zero-order valence-corrected chi connectivity index (χ0v) is 13.9. The van der Waals surface area contributed by atoms with Crippen molar-refractivity contribution in [2.24, 2.45) is 5.73 Å². The molecule has 2 aromatic carbocycles. The van der Waals surface area contributed by atoms with Gasteiger partial charge in [0.2, 0.25) is 0 Å². The maximum atomic E-state index is 6.37. The average Bonchev–Trinajstić information content (AvgIpc) is 2.42. The topological polar surface area (TPSA) is 26.0 Å². The third-order valence-electron chi connectivity index (χ3n) is 3.81. The largest absolute Gasteiger partial charge is 0.324 e. The minimum absolute atomic E-state index is 0.0393. The van der Waals surface area contributed by atoms with Gasteiger partial charge in [-0.05, 0) is 47.6 Å². The molecule has 0 aliphatic heterocycles. The SMILES string of the molecule is Cc1c(Br)cccc1C(N)Cc1ccc(C(C)C)cc1. The van der Waals surface area contributed by atoms with Crippen molar-refractivity contribution in [3.8, 4) is 0 Å². The Morgan fingerprint density at radius 3 is 2.30 bits per heavy atom. The Bertz CT molecular complexity index is 572. The van der Waals surface area contributed by atoms with E-state index in [1.165, 1.54) is 22.3 Å². The molecule has 2 rings (SSSR count). The van der Waals surface area contributed by atoms with Crippen LogP contribution in [-0.2, 0) is 6.42 Å². The summed E-state index contributed by atoms with van der Waals surface area (Å²) in [4.78, 5) is 0. The fourth-order valence-corrected chi connectivity index (χ4v) is 2.81. The number of benzene rings is 2. The van der Waals surface area contributed by atoms with Gasteiger partial charge in [0, 0.05) is 10.5 Å². The fraction of sp³-hybridized carbons (Fsp3) is 0.333. The van der Waals surface area contributed by atoms with Crippen LogP contribution in [0.1, 0.15) is 48.1 Å². The highest BCUT2D eigenvalue weighted by Gasteiger charge is 2.11. The van der Waals surface area contributed by atoms with E-state index in [9.17, 15) is 0 Å². The summed E-state index contributed by atoms with van der Waals surface area (Å²) in [5.74, 6) is 0.574. The summed E-state index contributed by atoms with van der Waals surface area (Å²) in [6.45, 7) is 6.54. The van der Waals surface area contributed by atoms with Gasteiger partial charge in [0.1, 0.15) is 0 Å². The second-order valence-corrected chi connectivity index (χ2v) is 6.52. The van der Waals surface area contributed by atoms with E-state index in [4.69, 9.17) is 5.73 Å². The monoisotopic (exact) mass is 331 g/mol. The predicted octanol–water partition coefficient (Wildman–Crippen LogP) is 5.12. The maximum absolute atomic E-state index is 6.37. The first-order chi connectivity index (χ1) is 9.49. The Morgan fingerprint density at radius 1 is 1.05 bits per heavy atom. The van der Waals surface area contributed by atoms with Crippen LogP contribution >= 0.6 is 15.9 Å². The predicted molar refractivity (Wildman–Crippen MR) is 90.0 cm³/mol. The minimum atomic E-state index is 0.0393. The Hall–Kier alpha value is -1.12. The molecule has 0 aromatic heterocycles. The molecule has 1 atom stereocenters. The van der Waals surface area contributed by atoms with Crippen LogP contribution < -0.4 is 5.73 Å². The molecule has 2 heteroatoms. The average molecular weight is 332 g/mol. The highest BCUT2D eigenvalue weighted by Crippen LogP contribution is 2.26. The van der Waals surface area contributed by atoms with Crippen LogP contribution in [0.5, 0.6) is 0 Å². The molecule has 106 valence electrons. The standard InChI is InChI=1S/C18H22BrN/c1-12(2)15-9-7-14(8-10-15)11-18(20)16-5-4-6-17(19)13(16)3/h4-10,12,18H,11,20H2,1-3H3. The van der Waals surface area contributed by atoms with E-state index in [0.717, 1.165) is 10.9 Å². The van der Waals surface area contributed by atoms with Crippen molar-refractivity contribution in [2.75, 3.05) is 0 Å². The van der Waals surface area contributed by atoms with E-state index in [0.29, 0.717) is 5.92 Å². The van der Waals surface area contributed by atoms with E-state index in [1.807, 2.05) is 6.07 Å². The van der Waals surface area contributed by atoms with Crippen LogP contribution in [-0.4, -0.2) is 0 Å². The molecule has 2 N–H and O–H groups in total. The summed E-state index contributed by atoms with van der Waals surface area (Å²) in [5, 5.41) is 0. The second kappa shape index (κ2) is 6.55. The summed E-state index contributed by atoms with van der Waals surface area (Å²) < 4.78 is 1.13. The van der Waals surface area contributed by atoms with Crippen LogP contribution in [0, 0.1) is 6.92 Å². The molecule has 1 unspecified atom stereocenters. The van der Waals surface area contributed by atoms with Gasteiger partial charge >= 0.3 is 0 Å². The van der Waals surface area contributed by atoms with E-state index in [1.54, 1.807) is 0 Å². The van der Waals surface area contributed by atoms with Crippen molar-refractivity contribution in [3.05, 3.63) is 69.2 Å². The lowest BCUT2D eigenvalue weighted by Gasteiger charge is -2.16. The maximum Gasteiger partial charge on any atom is 0.0338 e. The lowest BCUT2D eigenvalue weighted by Crippen LogP contribution is -2.14. The highest BCUT2D eigenvalue weighted by molar-refractivity contribution is 9.10. The van der Waals surface area contributed by atoms with Gasteiger partial charge < -0.3 is 5.73 Å². The van der Waals surface area contributed by atoms with Crippen LogP contribution in [0.25, 0.3) is 0 Å². The van der Waals surface area contributed by atoms with Crippen LogP contribution in [0.4, 0.5) is 0 Å². The first-order valence-corrected chi connectivity index (χ1v) is 7.87. The molecule has 2 aromatic rings. The Labute approximate surface area is 130 Å². The number of rotatable bonds is 4. The number of halogens is 1. The third kappa shape index (κ3) is 3.50.